The first kappa shape index (κ1) is 26.2. The number of hydrogen-bond acceptors (Lipinski definition) is 8. The fourth-order valence-electron chi connectivity index (χ4n) is 4.68. The van der Waals surface area contributed by atoms with Crippen molar-refractivity contribution in [3.63, 3.8) is 0 Å². The van der Waals surface area contributed by atoms with Crippen molar-refractivity contribution in [2.24, 2.45) is 5.92 Å². The van der Waals surface area contributed by atoms with Crippen molar-refractivity contribution in [3.8, 4) is 0 Å². The van der Waals surface area contributed by atoms with Crippen LogP contribution in [0, 0.1) is 5.92 Å². The Morgan fingerprint density at radius 2 is 1.97 bits per heavy atom. The highest BCUT2D eigenvalue weighted by Crippen LogP contribution is 2.28. The van der Waals surface area contributed by atoms with Gasteiger partial charge in [-0.15, -0.1) is 0 Å². The summed E-state index contributed by atoms with van der Waals surface area (Å²) in [5.74, 6) is 1.07. The predicted octanol–water partition coefficient (Wildman–Crippen LogP) is 2.88. The lowest BCUT2D eigenvalue weighted by molar-refractivity contribution is -0.123. The summed E-state index contributed by atoms with van der Waals surface area (Å²) in [7, 11) is -3.82. The molecule has 0 radical (unpaired) electrons. The first-order valence-electron chi connectivity index (χ1n) is 12.0. The highest BCUT2D eigenvalue weighted by atomic mass is 79.9. The third-order valence-electron chi connectivity index (χ3n) is 6.72. The minimum absolute atomic E-state index is 0.00637. The molecule has 4 heterocycles. The van der Waals surface area contributed by atoms with Gasteiger partial charge in [0.15, 0.2) is 0 Å². The number of halogens is 2. The van der Waals surface area contributed by atoms with E-state index in [2.05, 4.69) is 36.4 Å². The molecular weight excluding hydrogens is 582 g/mol. The molecule has 13 heteroatoms. The van der Waals surface area contributed by atoms with Crippen LogP contribution >= 0.6 is 27.5 Å². The molecule has 196 valence electrons. The van der Waals surface area contributed by atoms with E-state index in [9.17, 15) is 13.2 Å². The Morgan fingerprint density at radius 1 is 1.19 bits per heavy atom. The van der Waals surface area contributed by atoms with E-state index in [1.54, 1.807) is 0 Å². The van der Waals surface area contributed by atoms with E-state index in [0.717, 1.165) is 10.9 Å². The quantitative estimate of drug-likeness (QED) is 0.436. The fraction of sp³-hybridized carbons (Fsp3) is 0.417. The lowest BCUT2D eigenvalue weighted by Crippen LogP contribution is -2.58. The summed E-state index contributed by atoms with van der Waals surface area (Å²) < 4.78 is 28.7. The van der Waals surface area contributed by atoms with Crippen LogP contribution in [0.1, 0.15) is 19.7 Å². The number of amides is 1. The average Bonchev–Trinajstić information content (AvgIpc) is 2.89. The molecule has 2 aliphatic rings. The van der Waals surface area contributed by atoms with Crippen LogP contribution < -0.4 is 10.6 Å². The van der Waals surface area contributed by atoms with Crippen molar-refractivity contribution in [1.29, 1.82) is 0 Å². The molecule has 3 aromatic rings. The summed E-state index contributed by atoms with van der Waals surface area (Å²) in [6.45, 7) is 5.58. The van der Waals surface area contributed by atoms with Crippen molar-refractivity contribution in [1.82, 2.24) is 29.5 Å². The number of fused-ring (bicyclic) bond motifs is 5. The molecule has 10 nitrogen and oxygen atoms in total. The van der Waals surface area contributed by atoms with Gasteiger partial charge >= 0.3 is 0 Å². The maximum absolute atomic E-state index is 13.4. The van der Waals surface area contributed by atoms with E-state index in [0.29, 0.717) is 29.2 Å². The number of benzene rings is 1. The Bertz CT molecular complexity index is 1460. The Hall–Kier alpha value is -2.38. The van der Waals surface area contributed by atoms with Gasteiger partial charge < -0.3 is 10.6 Å². The number of hydrogen-bond donors (Lipinski definition) is 2. The van der Waals surface area contributed by atoms with Crippen LogP contribution in [0.3, 0.4) is 0 Å². The molecule has 2 bridgehead atoms. The number of rotatable bonds is 3. The number of aromatic nitrogens is 3. The molecule has 1 unspecified atom stereocenters. The summed E-state index contributed by atoms with van der Waals surface area (Å²) in [6, 6.07) is 8.37. The van der Waals surface area contributed by atoms with Crippen LogP contribution in [0.5, 0.6) is 0 Å². The normalized spacial score (nSPS) is 21.7. The number of anilines is 1. The molecule has 2 atom stereocenters. The van der Waals surface area contributed by atoms with Crippen molar-refractivity contribution < 1.29 is 13.2 Å². The van der Waals surface area contributed by atoms with Gasteiger partial charge in [0.05, 0.1) is 16.5 Å². The van der Waals surface area contributed by atoms with Crippen LogP contribution in [0.2, 0.25) is 5.15 Å². The van der Waals surface area contributed by atoms with Gasteiger partial charge in [0.2, 0.25) is 15.9 Å². The number of nitrogens with one attached hydrogen (secondary N) is 2. The summed E-state index contributed by atoms with van der Waals surface area (Å²) in [5, 5.41) is 7.43. The largest absolute Gasteiger partial charge is 0.358 e. The second-order valence-corrected chi connectivity index (χ2v) is 12.7. The van der Waals surface area contributed by atoms with E-state index in [1.807, 2.05) is 38.1 Å². The van der Waals surface area contributed by atoms with Crippen molar-refractivity contribution in [3.05, 3.63) is 52.0 Å². The van der Waals surface area contributed by atoms with Gasteiger partial charge in [0.25, 0.3) is 0 Å². The van der Waals surface area contributed by atoms with Crippen LogP contribution in [0.4, 0.5) is 5.82 Å². The number of para-hydroxylation sites is 1. The van der Waals surface area contributed by atoms with Gasteiger partial charge in [-0.05, 0) is 40.0 Å². The van der Waals surface area contributed by atoms with Gasteiger partial charge in [0, 0.05) is 43.8 Å². The third kappa shape index (κ3) is 5.30. The zero-order valence-corrected chi connectivity index (χ0v) is 23.5. The molecule has 1 fully saturated rings. The van der Waals surface area contributed by atoms with E-state index in [4.69, 9.17) is 21.6 Å². The second-order valence-electron chi connectivity index (χ2n) is 9.55. The van der Waals surface area contributed by atoms with Gasteiger partial charge in [0.1, 0.15) is 27.7 Å². The number of nitrogens with zero attached hydrogens (tertiary/aromatic N) is 5. The predicted molar refractivity (Wildman–Crippen MR) is 145 cm³/mol. The topological polar surface area (TPSA) is 120 Å². The molecule has 2 N–H and O–H groups in total. The highest BCUT2D eigenvalue weighted by Gasteiger charge is 2.36. The van der Waals surface area contributed by atoms with Crippen molar-refractivity contribution in [2.45, 2.75) is 37.4 Å². The lowest BCUT2D eigenvalue weighted by Gasteiger charge is -2.40. The smallest absolute Gasteiger partial charge is 0.244 e. The number of piperazine rings is 1. The molecule has 2 aromatic heterocycles. The second kappa shape index (κ2) is 10.4. The Balaban J connectivity index is 1.48. The maximum Gasteiger partial charge on any atom is 0.244 e. The number of carbonyl (C=O) groups excluding carboxylic acids is 1. The Kier molecular flexibility index (Phi) is 7.38. The molecular formula is C24H27BrClN7O3S. The molecule has 0 aliphatic carbocycles. The number of carbonyl (C=O) groups is 1. The maximum atomic E-state index is 13.4. The van der Waals surface area contributed by atoms with Crippen molar-refractivity contribution >= 4 is 60.2 Å². The standard InChI is InChI=1S/C24H27BrClN7O3S/c1-14(2)21-24(34)28-10-15-12-33(37(35,36)16-9-18(25)22(26)27-11-16)8-7-32(15)13-20-29-19-6-4-3-5-17(19)23(30-20)31-21/h3-6,9,11,14-15,21H,7-8,10,12-13H2,1-2H3,(H,28,34)(H,29,30,31)/t15?,21-/m0/s1. The Labute approximate surface area is 229 Å². The van der Waals surface area contributed by atoms with Gasteiger partial charge in [-0.3, -0.25) is 9.69 Å². The first-order chi connectivity index (χ1) is 17.6. The summed E-state index contributed by atoms with van der Waals surface area (Å²) in [6.07, 6.45) is 1.26. The molecule has 1 amide bonds. The molecule has 0 spiro atoms. The molecule has 37 heavy (non-hydrogen) atoms. The van der Waals surface area contributed by atoms with E-state index < -0.39 is 16.1 Å². The molecule has 1 aromatic carbocycles. The number of sulfonamides is 1. The first-order valence-corrected chi connectivity index (χ1v) is 14.6. The lowest BCUT2D eigenvalue weighted by atomic mass is 10.0. The summed E-state index contributed by atoms with van der Waals surface area (Å²) in [5.41, 5.74) is 0.788. The number of pyridine rings is 1. The van der Waals surface area contributed by atoms with E-state index in [1.165, 1.54) is 16.6 Å². The van der Waals surface area contributed by atoms with Crippen molar-refractivity contribution in [2.75, 3.05) is 31.5 Å². The SMILES string of the molecule is CC(C)[C@@H]1Nc2nc(nc3ccccc23)CN2CCN(S(=O)(=O)c3cnc(Cl)c(Br)c3)CC2CNC1=O. The minimum atomic E-state index is -3.82. The third-order valence-corrected chi connectivity index (χ3v) is 9.69. The molecule has 0 saturated carbocycles. The van der Waals surface area contributed by atoms with E-state index in [-0.39, 0.29) is 47.5 Å². The van der Waals surface area contributed by atoms with Gasteiger partial charge in [-0.1, -0.05) is 37.6 Å². The van der Waals surface area contributed by atoms with Crippen LogP contribution in [0.25, 0.3) is 10.9 Å². The minimum Gasteiger partial charge on any atom is -0.358 e. The zero-order valence-electron chi connectivity index (χ0n) is 20.4. The summed E-state index contributed by atoms with van der Waals surface area (Å²) >= 11 is 9.22. The van der Waals surface area contributed by atoms with Gasteiger partial charge in [-0.25, -0.2) is 23.4 Å². The molecule has 2 aliphatic heterocycles. The molecule has 5 rings (SSSR count). The zero-order chi connectivity index (χ0) is 26.3. The molecule has 1 saturated heterocycles. The van der Waals surface area contributed by atoms with E-state index >= 15 is 0 Å². The monoisotopic (exact) mass is 607 g/mol. The van der Waals surface area contributed by atoms with Crippen LogP contribution in [-0.4, -0.2) is 76.7 Å². The van der Waals surface area contributed by atoms with Gasteiger partial charge in [-0.2, -0.15) is 4.31 Å². The highest BCUT2D eigenvalue weighted by molar-refractivity contribution is 9.10. The Morgan fingerprint density at radius 3 is 2.73 bits per heavy atom. The van der Waals surface area contributed by atoms with Crippen LogP contribution in [0.15, 0.2) is 45.9 Å². The summed E-state index contributed by atoms with van der Waals surface area (Å²) in [4.78, 5) is 29.0. The van der Waals surface area contributed by atoms with Crippen LogP contribution in [-0.2, 0) is 21.4 Å². The fourth-order valence-corrected chi connectivity index (χ4v) is 6.72. The average molecular weight is 609 g/mol.